The van der Waals surface area contributed by atoms with Crippen molar-refractivity contribution in [2.24, 2.45) is 0 Å². The van der Waals surface area contributed by atoms with Crippen molar-refractivity contribution in [2.45, 2.75) is 19.1 Å². The minimum atomic E-state index is -0.295. The van der Waals surface area contributed by atoms with Crippen LogP contribution in [0.5, 0.6) is 0 Å². The smallest absolute Gasteiger partial charge is 0.322 e. The Morgan fingerprint density at radius 1 is 1.47 bits per heavy atom. The summed E-state index contributed by atoms with van der Waals surface area (Å²) in [6, 6.07) is 5.97. The van der Waals surface area contributed by atoms with Gasteiger partial charge in [-0.25, -0.2) is 4.39 Å². The zero-order valence-electron chi connectivity index (χ0n) is 11.1. The third-order valence-corrected chi connectivity index (χ3v) is 3.43. The van der Waals surface area contributed by atoms with Gasteiger partial charge in [0.05, 0.1) is 19.8 Å². The van der Waals surface area contributed by atoms with Gasteiger partial charge in [-0.2, -0.15) is 0 Å². The van der Waals surface area contributed by atoms with Gasteiger partial charge >= 0.3 is 5.97 Å². The number of morpholine rings is 1. The summed E-state index contributed by atoms with van der Waals surface area (Å²) in [6.45, 7) is 3.65. The molecule has 1 aliphatic heterocycles. The molecule has 1 aromatic carbocycles. The third kappa shape index (κ3) is 3.30. The fourth-order valence-electron chi connectivity index (χ4n) is 2.22. The molecule has 4 nitrogen and oxygen atoms in total. The van der Waals surface area contributed by atoms with Crippen LogP contribution in [0, 0.1) is 5.82 Å². The number of carbonyl (C=O) groups excluding carboxylic acids is 1. The van der Waals surface area contributed by atoms with Crippen LogP contribution in [0.3, 0.4) is 0 Å². The first-order chi connectivity index (χ1) is 9.11. The van der Waals surface area contributed by atoms with Crippen LogP contribution in [0.15, 0.2) is 24.3 Å². The van der Waals surface area contributed by atoms with Gasteiger partial charge in [0.2, 0.25) is 0 Å². The Hall–Kier alpha value is -1.46. The molecule has 2 rings (SSSR count). The lowest BCUT2D eigenvalue weighted by Gasteiger charge is -2.35. The van der Waals surface area contributed by atoms with Crippen molar-refractivity contribution in [1.29, 1.82) is 0 Å². The van der Waals surface area contributed by atoms with Crippen LogP contribution in [0.25, 0.3) is 0 Å². The zero-order valence-corrected chi connectivity index (χ0v) is 11.1. The summed E-state index contributed by atoms with van der Waals surface area (Å²) in [5.41, 5.74) is 0.920. The molecule has 2 unspecified atom stereocenters. The van der Waals surface area contributed by atoms with Gasteiger partial charge in [-0.15, -0.1) is 0 Å². The Morgan fingerprint density at radius 2 is 2.16 bits per heavy atom. The number of hydrogen-bond acceptors (Lipinski definition) is 4. The van der Waals surface area contributed by atoms with E-state index in [0.717, 1.165) is 5.56 Å². The predicted molar refractivity (Wildman–Crippen MR) is 68.1 cm³/mol. The SMILES string of the molecule is COC(=O)C(C)N1CCOC(c2ccc(F)cc2)C1. The first-order valence-corrected chi connectivity index (χ1v) is 6.30. The number of halogens is 1. The quantitative estimate of drug-likeness (QED) is 0.782. The molecule has 0 aliphatic carbocycles. The van der Waals surface area contributed by atoms with Gasteiger partial charge in [0.15, 0.2) is 0 Å². The second kappa shape index (κ2) is 6.12. The molecule has 19 heavy (non-hydrogen) atoms. The van der Waals surface area contributed by atoms with Crippen LogP contribution in [0.4, 0.5) is 4.39 Å². The number of esters is 1. The van der Waals surface area contributed by atoms with E-state index in [1.54, 1.807) is 12.1 Å². The lowest BCUT2D eigenvalue weighted by molar-refractivity contribution is -0.149. The number of nitrogens with zero attached hydrogens (tertiary/aromatic N) is 1. The second-order valence-electron chi connectivity index (χ2n) is 4.61. The molecule has 1 aromatic rings. The largest absolute Gasteiger partial charge is 0.468 e. The molecule has 1 aliphatic rings. The van der Waals surface area contributed by atoms with E-state index in [1.807, 2.05) is 11.8 Å². The predicted octanol–water partition coefficient (Wildman–Crippen LogP) is 1.76. The summed E-state index contributed by atoms with van der Waals surface area (Å²) in [4.78, 5) is 13.6. The summed E-state index contributed by atoms with van der Waals surface area (Å²) >= 11 is 0. The lowest BCUT2D eigenvalue weighted by Crippen LogP contribution is -2.47. The van der Waals surface area contributed by atoms with Crippen LogP contribution >= 0.6 is 0 Å². The van der Waals surface area contributed by atoms with Crippen molar-refractivity contribution in [3.8, 4) is 0 Å². The average molecular weight is 267 g/mol. The zero-order chi connectivity index (χ0) is 13.8. The van der Waals surface area contributed by atoms with Crippen molar-refractivity contribution >= 4 is 5.97 Å². The maximum absolute atomic E-state index is 12.9. The third-order valence-electron chi connectivity index (χ3n) is 3.43. The Morgan fingerprint density at radius 3 is 2.79 bits per heavy atom. The summed E-state index contributed by atoms with van der Waals surface area (Å²) in [5.74, 6) is -0.515. The molecule has 2 atom stereocenters. The summed E-state index contributed by atoms with van der Waals surface area (Å²) in [6.07, 6.45) is -0.138. The molecule has 1 fully saturated rings. The summed E-state index contributed by atoms with van der Waals surface area (Å²) in [5, 5.41) is 0. The van der Waals surface area contributed by atoms with Crippen LogP contribution in [0.1, 0.15) is 18.6 Å². The van der Waals surface area contributed by atoms with Crippen molar-refractivity contribution in [3.63, 3.8) is 0 Å². The molecule has 0 bridgehead atoms. The standard InChI is InChI=1S/C14H18FNO3/c1-10(14(17)18-2)16-7-8-19-13(9-16)11-3-5-12(15)6-4-11/h3-6,10,13H,7-9H2,1-2H3. The number of hydrogen-bond donors (Lipinski definition) is 0. The molecule has 104 valence electrons. The lowest BCUT2D eigenvalue weighted by atomic mass is 10.1. The number of rotatable bonds is 3. The minimum Gasteiger partial charge on any atom is -0.468 e. The maximum atomic E-state index is 12.9. The van der Waals surface area contributed by atoms with Gasteiger partial charge < -0.3 is 9.47 Å². The first kappa shape index (κ1) is 14.0. The van der Waals surface area contributed by atoms with Crippen LogP contribution in [-0.2, 0) is 14.3 Å². The van der Waals surface area contributed by atoms with E-state index in [9.17, 15) is 9.18 Å². The van der Waals surface area contributed by atoms with Gasteiger partial charge in [-0.05, 0) is 24.6 Å². The molecule has 0 spiro atoms. The normalized spacial score (nSPS) is 21.9. The summed E-state index contributed by atoms with van der Waals surface area (Å²) in [7, 11) is 1.39. The van der Waals surface area contributed by atoms with E-state index < -0.39 is 0 Å². The number of carbonyl (C=O) groups is 1. The molecule has 0 radical (unpaired) electrons. The monoisotopic (exact) mass is 267 g/mol. The van der Waals surface area contributed by atoms with E-state index in [1.165, 1.54) is 19.2 Å². The molecule has 1 saturated heterocycles. The van der Waals surface area contributed by atoms with Crippen molar-refractivity contribution in [1.82, 2.24) is 4.90 Å². The minimum absolute atomic E-state index is 0.138. The highest BCUT2D eigenvalue weighted by Gasteiger charge is 2.29. The average Bonchev–Trinajstić information content (AvgIpc) is 2.46. The highest BCUT2D eigenvalue weighted by atomic mass is 19.1. The highest BCUT2D eigenvalue weighted by molar-refractivity contribution is 5.75. The molecule has 0 aromatic heterocycles. The number of methoxy groups -OCH3 is 1. The van der Waals surface area contributed by atoms with Gasteiger partial charge in [0.25, 0.3) is 0 Å². The van der Waals surface area contributed by atoms with Crippen molar-refractivity contribution in [3.05, 3.63) is 35.6 Å². The maximum Gasteiger partial charge on any atom is 0.322 e. The van der Waals surface area contributed by atoms with E-state index >= 15 is 0 Å². The van der Waals surface area contributed by atoms with E-state index in [-0.39, 0.29) is 23.9 Å². The Labute approximate surface area is 112 Å². The van der Waals surface area contributed by atoms with Crippen molar-refractivity contribution < 1.29 is 18.7 Å². The van der Waals surface area contributed by atoms with Crippen LogP contribution in [0.2, 0.25) is 0 Å². The molecular formula is C14H18FNO3. The molecular weight excluding hydrogens is 249 g/mol. The van der Waals surface area contributed by atoms with Gasteiger partial charge in [0.1, 0.15) is 11.9 Å². The topological polar surface area (TPSA) is 38.8 Å². The number of ether oxygens (including phenoxy) is 2. The van der Waals surface area contributed by atoms with Crippen LogP contribution in [-0.4, -0.2) is 43.7 Å². The highest BCUT2D eigenvalue weighted by Crippen LogP contribution is 2.23. The second-order valence-corrected chi connectivity index (χ2v) is 4.61. The molecule has 0 amide bonds. The molecule has 0 N–H and O–H groups in total. The molecule has 5 heteroatoms. The Bertz CT molecular complexity index is 435. The van der Waals surface area contributed by atoms with Gasteiger partial charge in [-0.1, -0.05) is 12.1 Å². The molecule has 1 heterocycles. The van der Waals surface area contributed by atoms with E-state index in [2.05, 4.69) is 0 Å². The van der Waals surface area contributed by atoms with Crippen molar-refractivity contribution in [2.75, 3.05) is 26.8 Å². The summed E-state index contributed by atoms with van der Waals surface area (Å²) < 4.78 is 23.3. The van der Waals surface area contributed by atoms with E-state index in [0.29, 0.717) is 19.7 Å². The van der Waals surface area contributed by atoms with Gasteiger partial charge in [-0.3, -0.25) is 9.69 Å². The fourth-order valence-corrected chi connectivity index (χ4v) is 2.22. The number of benzene rings is 1. The Balaban J connectivity index is 2.04. The first-order valence-electron chi connectivity index (χ1n) is 6.30. The van der Waals surface area contributed by atoms with Gasteiger partial charge in [0, 0.05) is 13.1 Å². The Kier molecular flexibility index (Phi) is 4.50. The molecule has 0 saturated carbocycles. The fraction of sp³-hybridized carbons (Fsp3) is 0.500. The van der Waals surface area contributed by atoms with Crippen LogP contribution < -0.4 is 0 Å². The van der Waals surface area contributed by atoms with E-state index in [4.69, 9.17) is 9.47 Å².